The van der Waals surface area contributed by atoms with E-state index in [1.165, 1.54) is 41.2 Å². The molecule has 0 unspecified atom stereocenters. The van der Waals surface area contributed by atoms with Crippen molar-refractivity contribution in [1.82, 2.24) is 25.0 Å². The maximum absolute atomic E-state index is 13.4. The number of sulfonamides is 1. The number of amides is 2. The minimum Gasteiger partial charge on any atom is -0.418 e. The first-order chi connectivity index (χ1) is 20.4. The molecule has 12 nitrogen and oxygen atoms in total. The van der Waals surface area contributed by atoms with Crippen LogP contribution in [-0.2, 0) is 19.6 Å². The number of hydrogen-bond acceptors (Lipinski definition) is 10. The van der Waals surface area contributed by atoms with Crippen LogP contribution in [0.2, 0.25) is 0 Å². The maximum Gasteiger partial charge on any atom is 0.491 e. The van der Waals surface area contributed by atoms with E-state index in [4.69, 9.17) is 0 Å². The molecule has 2 aliphatic rings. The molecule has 0 bridgehead atoms. The number of aromatic nitrogens is 1. The van der Waals surface area contributed by atoms with Crippen LogP contribution in [0.15, 0.2) is 70.7 Å². The highest BCUT2D eigenvalue weighted by atomic mass is 32.2. The van der Waals surface area contributed by atoms with Crippen LogP contribution in [0, 0.1) is 0 Å². The van der Waals surface area contributed by atoms with Crippen LogP contribution in [0.4, 0.5) is 18.9 Å². The molecule has 1 saturated heterocycles. The lowest BCUT2D eigenvalue weighted by atomic mass is 10.1. The molecule has 43 heavy (non-hydrogen) atoms. The van der Waals surface area contributed by atoms with Gasteiger partial charge < -0.3 is 20.0 Å². The maximum atomic E-state index is 13.4. The first kappa shape index (κ1) is 30.1. The van der Waals surface area contributed by atoms with E-state index in [9.17, 15) is 36.0 Å². The summed E-state index contributed by atoms with van der Waals surface area (Å²) in [5, 5.41) is 2.12. The minimum absolute atomic E-state index is 0.113. The van der Waals surface area contributed by atoms with Crippen molar-refractivity contribution < 1.29 is 40.7 Å². The third-order valence-electron chi connectivity index (χ3n) is 6.51. The zero-order valence-corrected chi connectivity index (χ0v) is 23.7. The van der Waals surface area contributed by atoms with Crippen LogP contribution >= 0.6 is 11.9 Å². The van der Waals surface area contributed by atoms with E-state index in [-0.39, 0.29) is 41.5 Å². The quantitative estimate of drug-likeness (QED) is 0.209. The highest BCUT2D eigenvalue weighted by molar-refractivity contribution is 8.00. The second kappa shape index (κ2) is 12.1. The van der Waals surface area contributed by atoms with Gasteiger partial charge in [0, 0.05) is 48.7 Å². The molecule has 226 valence electrons. The van der Waals surface area contributed by atoms with Crippen LogP contribution in [0.5, 0.6) is 5.75 Å². The molecule has 0 spiro atoms. The van der Waals surface area contributed by atoms with Gasteiger partial charge in [0.15, 0.2) is 5.75 Å². The van der Waals surface area contributed by atoms with Gasteiger partial charge in [-0.3, -0.25) is 19.3 Å². The number of pyridine rings is 1. The Labute approximate surface area is 247 Å². The molecule has 0 atom stereocenters. The summed E-state index contributed by atoms with van der Waals surface area (Å²) in [4.78, 5) is 47.3. The highest BCUT2D eigenvalue weighted by Gasteiger charge is 2.42. The molecular formula is C26H23F3N6O6S2. The molecule has 0 radical (unpaired) electrons. The summed E-state index contributed by atoms with van der Waals surface area (Å²) in [6.07, 6.45) is -3.58. The Kier molecular flexibility index (Phi) is 8.48. The Balaban J connectivity index is 1.41. The van der Waals surface area contributed by atoms with Gasteiger partial charge in [0.2, 0.25) is 0 Å². The van der Waals surface area contributed by atoms with Gasteiger partial charge in [-0.05, 0) is 48.7 Å². The number of rotatable bonds is 6. The molecule has 3 heterocycles. The third-order valence-corrected chi connectivity index (χ3v) is 8.48. The number of nitrogens with zero attached hydrogens (tertiary/aromatic N) is 3. The standard InChI is InChI=1S/C26H23F3N6O6S2/c27-26(28,29)25(38)41-20-14-17(23(36)34-10-3-11-35(13-12-34)24(37)19-15-42-33-31-19)7-8-18(20)32-43(39,40)21-6-1-4-16-5-2-9-30-22(16)21/h1-2,4-9,14-15,31-33H,3,10-13H2. The smallest absolute Gasteiger partial charge is 0.418 e. The Morgan fingerprint density at radius 2 is 1.70 bits per heavy atom. The second-order valence-corrected chi connectivity index (χ2v) is 11.7. The van der Waals surface area contributed by atoms with Crippen molar-refractivity contribution in [2.75, 3.05) is 30.9 Å². The lowest BCUT2D eigenvalue weighted by Crippen LogP contribution is -2.40. The second-order valence-electron chi connectivity index (χ2n) is 9.35. The number of halogens is 3. The number of benzene rings is 2. The van der Waals surface area contributed by atoms with Crippen molar-refractivity contribution in [1.29, 1.82) is 0 Å². The van der Waals surface area contributed by atoms with Crippen LogP contribution in [0.1, 0.15) is 16.8 Å². The van der Waals surface area contributed by atoms with Gasteiger partial charge >= 0.3 is 12.1 Å². The molecule has 2 amide bonds. The number of fused-ring (bicyclic) bond motifs is 1. The molecule has 0 aliphatic carbocycles. The van der Waals surface area contributed by atoms with Crippen molar-refractivity contribution in [2.45, 2.75) is 17.5 Å². The van der Waals surface area contributed by atoms with Gasteiger partial charge in [0.1, 0.15) is 10.6 Å². The van der Waals surface area contributed by atoms with Crippen LogP contribution in [0.3, 0.4) is 0 Å². The summed E-state index contributed by atoms with van der Waals surface area (Å²) in [7, 11) is -4.45. The average Bonchev–Trinajstić information content (AvgIpc) is 3.41. The molecule has 3 N–H and O–H groups in total. The molecule has 1 fully saturated rings. The molecule has 5 rings (SSSR count). The normalized spacial score (nSPS) is 15.8. The van der Waals surface area contributed by atoms with Gasteiger partial charge in [-0.1, -0.05) is 18.2 Å². The summed E-state index contributed by atoms with van der Waals surface area (Å²) in [6.45, 7) is 0.923. The fraction of sp³-hybridized carbons (Fsp3) is 0.231. The number of ether oxygens (including phenoxy) is 1. The summed E-state index contributed by atoms with van der Waals surface area (Å²) in [6, 6.07) is 10.7. The topological polar surface area (TPSA) is 150 Å². The average molecular weight is 637 g/mol. The van der Waals surface area contributed by atoms with Crippen molar-refractivity contribution in [3.63, 3.8) is 0 Å². The molecule has 2 aromatic carbocycles. The Morgan fingerprint density at radius 1 is 0.977 bits per heavy atom. The zero-order chi connectivity index (χ0) is 30.8. The van der Waals surface area contributed by atoms with E-state index in [0.717, 1.165) is 12.1 Å². The van der Waals surface area contributed by atoms with Crippen molar-refractivity contribution in [2.24, 2.45) is 0 Å². The van der Waals surface area contributed by atoms with Crippen molar-refractivity contribution >= 4 is 56.3 Å². The first-order valence-electron chi connectivity index (χ1n) is 12.7. The zero-order valence-electron chi connectivity index (χ0n) is 22.1. The van der Waals surface area contributed by atoms with E-state index in [1.54, 1.807) is 28.5 Å². The van der Waals surface area contributed by atoms with Crippen molar-refractivity contribution in [3.8, 4) is 5.75 Å². The molecule has 3 aromatic rings. The van der Waals surface area contributed by atoms with E-state index >= 15 is 0 Å². The highest BCUT2D eigenvalue weighted by Crippen LogP contribution is 2.32. The van der Waals surface area contributed by atoms with Gasteiger partial charge in [-0.2, -0.15) is 18.0 Å². The Hall–Kier alpha value is -4.35. The molecule has 0 saturated carbocycles. The summed E-state index contributed by atoms with van der Waals surface area (Å²) in [5.41, 5.74) is 2.55. The van der Waals surface area contributed by atoms with Gasteiger partial charge in [-0.25, -0.2) is 13.2 Å². The number of anilines is 1. The molecule has 17 heteroatoms. The Morgan fingerprint density at radius 3 is 2.40 bits per heavy atom. The number of para-hydroxylation sites is 1. The summed E-state index contributed by atoms with van der Waals surface area (Å²) in [5.74, 6) is -4.29. The van der Waals surface area contributed by atoms with E-state index in [1.807, 2.05) is 0 Å². The summed E-state index contributed by atoms with van der Waals surface area (Å²) >= 11 is 1.21. The summed E-state index contributed by atoms with van der Waals surface area (Å²) < 4.78 is 72.6. The van der Waals surface area contributed by atoms with Gasteiger partial charge in [-0.15, -0.1) is 0 Å². The lowest BCUT2D eigenvalue weighted by molar-refractivity contribution is -0.189. The predicted octanol–water partition coefficient (Wildman–Crippen LogP) is 2.78. The van der Waals surface area contributed by atoms with E-state index in [2.05, 4.69) is 24.7 Å². The third kappa shape index (κ3) is 6.68. The van der Waals surface area contributed by atoms with Crippen LogP contribution < -0.4 is 19.7 Å². The number of carbonyl (C=O) groups is 3. The Bertz CT molecular complexity index is 1730. The lowest BCUT2D eigenvalue weighted by Gasteiger charge is -2.23. The monoisotopic (exact) mass is 636 g/mol. The fourth-order valence-electron chi connectivity index (χ4n) is 4.46. The van der Waals surface area contributed by atoms with Crippen LogP contribution in [0.25, 0.3) is 10.9 Å². The van der Waals surface area contributed by atoms with Gasteiger partial charge in [0.05, 0.1) is 11.2 Å². The number of alkyl halides is 3. The number of carbonyl (C=O) groups excluding carboxylic acids is 3. The minimum atomic E-state index is -5.39. The number of hydrogen-bond donors (Lipinski definition) is 3. The van der Waals surface area contributed by atoms with Gasteiger partial charge in [0.25, 0.3) is 21.8 Å². The SMILES string of the molecule is O=C(C1=CSNN1)N1CCCN(C(=O)c2ccc(NS(=O)(=O)c3cccc4cccnc34)c(OC(=O)C(F)(F)F)c2)CC1. The number of hydrazine groups is 1. The van der Waals surface area contributed by atoms with Crippen molar-refractivity contribution in [3.05, 3.63) is 71.4 Å². The first-order valence-corrected chi connectivity index (χ1v) is 15.1. The van der Waals surface area contributed by atoms with Crippen LogP contribution in [-0.4, -0.2) is 73.3 Å². The predicted molar refractivity (Wildman–Crippen MR) is 150 cm³/mol. The molecule has 2 aliphatic heterocycles. The fourth-order valence-corrected chi connectivity index (χ4v) is 6.21. The number of nitrogens with one attached hydrogen (secondary N) is 3. The molecule has 1 aromatic heterocycles. The largest absolute Gasteiger partial charge is 0.491 e. The van der Waals surface area contributed by atoms with E-state index in [0.29, 0.717) is 24.0 Å². The molecular weight excluding hydrogens is 613 g/mol. The van der Waals surface area contributed by atoms with E-state index < -0.39 is 39.5 Å². The number of esters is 1.